The van der Waals surface area contributed by atoms with E-state index in [0.717, 1.165) is 5.41 Å². The summed E-state index contributed by atoms with van der Waals surface area (Å²) >= 11 is 0. The molecule has 0 aromatic carbocycles. The molecule has 2 aliphatic heterocycles. The lowest BCUT2D eigenvalue weighted by molar-refractivity contribution is 0.0644. The van der Waals surface area contributed by atoms with Gasteiger partial charge in [-0.25, -0.2) is 0 Å². The second kappa shape index (κ2) is 8.54. The molecule has 0 bridgehead atoms. The predicted octanol–water partition coefficient (Wildman–Crippen LogP) is 5.33. The van der Waals surface area contributed by atoms with Crippen LogP contribution in [0, 0.1) is 10.8 Å². The lowest BCUT2D eigenvalue weighted by atomic mass is 9.60. The molecule has 24 heavy (non-hydrogen) atoms. The molecule has 3 aliphatic rings. The fraction of sp³-hybridized carbons (Fsp3) is 1.00. The zero-order valence-electron chi connectivity index (χ0n) is 16.6. The van der Waals surface area contributed by atoms with Gasteiger partial charge in [-0.15, -0.1) is 0 Å². The van der Waals surface area contributed by atoms with Crippen LogP contribution in [0.2, 0.25) is 0 Å². The molecule has 2 heteroatoms. The van der Waals surface area contributed by atoms with Gasteiger partial charge in [0, 0.05) is 6.54 Å². The molecule has 0 unspecified atom stereocenters. The first kappa shape index (κ1) is 18.7. The molecule has 1 spiro atoms. The lowest BCUT2D eigenvalue weighted by Crippen LogP contribution is -2.37. The van der Waals surface area contributed by atoms with Gasteiger partial charge < -0.3 is 9.80 Å². The molecule has 1 aliphatic carbocycles. The Morgan fingerprint density at radius 1 is 0.708 bits per heavy atom. The SMILES string of the molecule is CCCC1(CCC)CCC2(CCN(CCCN3CCCC3)C2)CC1. The number of hydrogen-bond donors (Lipinski definition) is 0. The van der Waals surface area contributed by atoms with E-state index >= 15 is 0 Å². The van der Waals surface area contributed by atoms with E-state index < -0.39 is 0 Å². The Hall–Kier alpha value is -0.0800. The zero-order valence-corrected chi connectivity index (χ0v) is 16.6. The summed E-state index contributed by atoms with van der Waals surface area (Å²) in [4.78, 5) is 5.49. The van der Waals surface area contributed by atoms with E-state index in [0.29, 0.717) is 5.41 Å². The van der Waals surface area contributed by atoms with Gasteiger partial charge >= 0.3 is 0 Å². The Balaban J connectivity index is 1.41. The van der Waals surface area contributed by atoms with E-state index in [1.54, 1.807) is 0 Å². The highest BCUT2D eigenvalue weighted by atomic mass is 15.2. The van der Waals surface area contributed by atoms with Crippen molar-refractivity contribution in [2.75, 3.05) is 39.3 Å². The summed E-state index contributed by atoms with van der Waals surface area (Å²) in [5, 5.41) is 0. The minimum absolute atomic E-state index is 0.707. The number of hydrogen-bond acceptors (Lipinski definition) is 2. The molecular formula is C22H42N2. The Kier molecular flexibility index (Phi) is 6.65. The fourth-order valence-electron chi connectivity index (χ4n) is 6.15. The van der Waals surface area contributed by atoms with Crippen LogP contribution in [-0.2, 0) is 0 Å². The van der Waals surface area contributed by atoms with Crippen molar-refractivity contribution in [1.29, 1.82) is 0 Å². The van der Waals surface area contributed by atoms with Crippen LogP contribution >= 0.6 is 0 Å². The van der Waals surface area contributed by atoms with Crippen molar-refractivity contribution < 1.29 is 0 Å². The predicted molar refractivity (Wildman–Crippen MR) is 104 cm³/mol. The first-order chi connectivity index (χ1) is 11.7. The number of likely N-dealkylation sites (tertiary alicyclic amines) is 2. The van der Waals surface area contributed by atoms with Crippen LogP contribution in [0.1, 0.15) is 90.9 Å². The number of rotatable bonds is 8. The van der Waals surface area contributed by atoms with Gasteiger partial charge in [-0.2, -0.15) is 0 Å². The standard InChI is InChI=1S/C22H42N2/c1-3-8-21(9-4-2)10-12-22(13-11-21)14-19-24(20-22)18-7-17-23-15-5-6-16-23/h3-20H2,1-2H3. The molecule has 2 heterocycles. The van der Waals surface area contributed by atoms with Crippen LogP contribution in [0.15, 0.2) is 0 Å². The average Bonchev–Trinajstić information content (AvgIpc) is 3.22. The highest BCUT2D eigenvalue weighted by molar-refractivity contribution is 4.97. The third kappa shape index (κ3) is 4.55. The molecule has 0 radical (unpaired) electrons. The summed E-state index contributed by atoms with van der Waals surface area (Å²) in [6.45, 7) is 13.0. The maximum Gasteiger partial charge on any atom is 0.00385 e. The largest absolute Gasteiger partial charge is 0.303 e. The zero-order chi connectivity index (χ0) is 16.9. The Labute approximate surface area is 151 Å². The quantitative estimate of drug-likeness (QED) is 0.592. The van der Waals surface area contributed by atoms with Crippen molar-refractivity contribution >= 4 is 0 Å². The summed E-state index contributed by atoms with van der Waals surface area (Å²) in [5.41, 5.74) is 1.43. The first-order valence-electron chi connectivity index (χ1n) is 11.1. The van der Waals surface area contributed by atoms with Gasteiger partial charge in [0.15, 0.2) is 0 Å². The van der Waals surface area contributed by atoms with E-state index in [1.807, 2.05) is 0 Å². The van der Waals surface area contributed by atoms with E-state index in [-0.39, 0.29) is 0 Å². The minimum atomic E-state index is 0.707. The summed E-state index contributed by atoms with van der Waals surface area (Å²) in [6.07, 6.45) is 17.6. The smallest absolute Gasteiger partial charge is 0.00385 e. The van der Waals surface area contributed by atoms with Gasteiger partial charge in [0.05, 0.1) is 0 Å². The monoisotopic (exact) mass is 334 g/mol. The van der Waals surface area contributed by atoms with Crippen molar-refractivity contribution in [1.82, 2.24) is 9.80 Å². The van der Waals surface area contributed by atoms with Crippen LogP contribution < -0.4 is 0 Å². The average molecular weight is 335 g/mol. The molecule has 140 valence electrons. The van der Waals surface area contributed by atoms with Gasteiger partial charge in [-0.3, -0.25) is 0 Å². The molecule has 3 rings (SSSR count). The maximum atomic E-state index is 2.81. The minimum Gasteiger partial charge on any atom is -0.303 e. The van der Waals surface area contributed by atoms with Gasteiger partial charge in [-0.05, 0) is 108 Å². The van der Waals surface area contributed by atoms with Crippen molar-refractivity contribution in [3.8, 4) is 0 Å². The van der Waals surface area contributed by atoms with E-state index in [9.17, 15) is 0 Å². The third-order valence-electron chi connectivity index (χ3n) is 7.60. The molecule has 2 nitrogen and oxygen atoms in total. The number of nitrogens with zero attached hydrogens (tertiary/aromatic N) is 2. The van der Waals surface area contributed by atoms with Crippen molar-refractivity contribution in [3.63, 3.8) is 0 Å². The van der Waals surface area contributed by atoms with Gasteiger partial charge in [0.25, 0.3) is 0 Å². The molecule has 1 saturated carbocycles. The van der Waals surface area contributed by atoms with Crippen LogP contribution in [0.3, 0.4) is 0 Å². The maximum absolute atomic E-state index is 2.81. The molecule has 0 atom stereocenters. The van der Waals surface area contributed by atoms with E-state index in [2.05, 4.69) is 23.6 Å². The van der Waals surface area contributed by atoms with E-state index in [4.69, 9.17) is 0 Å². The molecule has 0 amide bonds. The van der Waals surface area contributed by atoms with Crippen LogP contribution in [-0.4, -0.2) is 49.1 Å². The topological polar surface area (TPSA) is 6.48 Å². The molecule has 0 aromatic rings. The fourth-order valence-corrected chi connectivity index (χ4v) is 6.15. The van der Waals surface area contributed by atoms with Crippen molar-refractivity contribution in [2.24, 2.45) is 10.8 Å². The van der Waals surface area contributed by atoms with Crippen molar-refractivity contribution in [2.45, 2.75) is 90.9 Å². The van der Waals surface area contributed by atoms with Gasteiger partial charge in [-0.1, -0.05) is 26.7 Å². The van der Waals surface area contributed by atoms with Crippen LogP contribution in [0.5, 0.6) is 0 Å². The molecule has 0 aromatic heterocycles. The normalized spacial score (nSPS) is 27.2. The summed E-state index contributed by atoms with van der Waals surface area (Å²) in [7, 11) is 0. The van der Waals surface area contributed by atoms with Crippen molar-refractivity contribution in [3.05, 3.63) is 0 Å². The molecular weight excluding hydrogens is 292 g/mol. The Bertz CT molecular complexity index is 356. The third-order valence-corrected chi connectivity index (χ3v) is 7.60. The summed E-state index contributed by atoms with van der Waals surface area (Å²) in [6, 6.07) is 0. The lowest BCUT2D eigenvalue weighted by Gasteiger charge is -2.45. The molecule has 0 N–H and O–H groups in total. The second-order valence-corrected chi connectivity index (χ2v) is 9.43. The summed E-state index contributed by atoms with van der Waals surface area (Å²) < 4.78 is 0. The van der Waals surface area contributed by atoms with Crippen LogP contribution in [0.4, 0.5) is 0 Å². The summed E-state index contributed by atoms with van der Waals surface area (Å²) in [5.74, 6) is 0. The molecule has 3 fully saturated rings. The molecule has 2 saturated heterocycles. The highest BCUT2D eigenvalue weighted by Gasteiger charge is 2.44. The second-order valence-electron chi connectivity index (χ2n) is 9.43. The Morgan fingerprint density at radius 2 is 1.33 bits per heavy atom. The van der Waals surface area contributed by atoms with E-state index in [1.165, 1.54) is 116 Å². The highest BCUT2D eigenvalue weighted by Crippen LogP contribution is 2.53. The van der Waals surface area contributed by atoms with Crippen LogP contribution in [0.25, 0.3) is 0 Å². The first-order valence-corrected chi connectivity index (χ1v) is 11.1. The van der Waals surface area contributed by atoms with Gasteiger partial charge in [0.1, 0.15) is 0 Å². The van der Waals surface area contributed by atoms with Gasteiger partial charge in [0.2, 0.25) is 0 Å². The Morgan fingerprint density at radius 3 is 1.96 bits per heavy atom.